The lowest BCUT2D eigenvalue weighted by Gasteiger charge is -2.15. The first-order valence-corrected chi connectivity index (χ1v) is 6.78. The molecule has 1 aromatic rings. The number of anilines is 1. The van der Waals surface area contributed by atoms with Gasteiger partial charge in [0.2, 0.25) is 5.91 Å². The number of phenolic OH excluding ortho intramolecular Hbond substituents is 1. The summed E-state index contributed by atoms with van der Waals surface area (Å²) >= 11 is 5.76. The zero-order chi connectivity index (χ0) is 14.9. The molecule has 0 aromatic heterocycles. The Kier molecular flexibility index (Phi) is 4.18. The molecule has 1 aliphatic rings. The topological polar surface area (TPSA) is 86.6 Å². The first-order chi connectivity index (χ1) is 9.38. The van der Waals surface area contributed by atoms with E-state index in [1.165, 1.54) is 18.2 Å². The van der Waals surface area contributed by atoms with E-state index in [-0.39, 0.29) is 22.6 Å². The molecule has 1 unspecified atom stereocenters. The predicted molar refractivity (Wildman–Crippen MR) is 74.8 cm³/mol. The van der Waals surface area contributed by atoms with Gasteiger partial charge < -0.3 is 15.5 Å². The lowest BCUT2D eigenvalue weighted by atomic mass is 9.95. The highest BCUT2D eigenvalue weighted by Crippen LogP contribution is 2.37. The average Bonchev–Trinajstić information content (AvgIpc) is 2.76. The average molecular weight is 298 g/mol. The van der Waals surface area contributed by atoms with E-state index in [4.69, 9.17) is 16.7 Å². The van der Waals surface area contributed by atoms with Crippen LogP contribution in [0.5, 0.6) is 5.75 Å². The van der Waals surface area contributed by atoms with E-state index in [1.54, 1.807) is 0 Å². The van der Waals surface area contributed by atoms with Crippen molar-refractivity contribution in [1.29, 1.82) is 0 Å². The van der Waals surface area contributed by atoms with Gasteiger partial charge in [-0.15, -0.1) is 0 Å². The number of benzene rings is 1. The van der Waals surface area contributed by atoms with Gasteiger partial charge in [0, 0.05) is 5.69 Å². The van der Waals surface area contributed by atoms with E-state index < -0.39 is 17.8 Å². The lowest BCUT2D eigenvalue weighted by Crippen LogP contribution is -2.29. The third kappa shape index (κ3) is 3.04. The van der Waals surface area contributed by atoms with Crippen molar-refractivity contribution in [2.24, 2.45) is 17.8 Å². The molecular weight excluding hydrogens is 282 g/mol. The quantitative estimate of drug-likeness (QED) is 0.749. The van der Waals surface area contributed by atoms with Crippen molar-refractivity contribution >= 4 is 29.2 Å². The Morgan fingerprint density at radius 2 is 1.95 bits per heavy atom. The highest BCUT2D eigenvalue weighted by molar-refractivity contribution is 6.32. The smallest absolute Gasteiger partial charge is 0.307 e. The molecule has 1 aliphatic carbocycles. The van der Waals surface area contributed by atoms with Crippen LogP contribution in [0.2, 0.25) is 5.02 Å². The molecule has 0 spiro atoms. The second kappa shape index (κ2) is 5.71. The molecule has 0 radical (unpaired) electrons. The Balaban J connectivity index is 2.11. The van der Waals surface area contributed by atoms with Gasteiger partial charge in [-0.25, -0.2) is 0 Å². The maximum absolute atomic E-state index is 12.2. The van der Waals surface area contributed by atoms with Crippen molar-refractivity contribution < 1.29 is 19.8 Å². The minimum absolute atomic E-state index is 0.0671. The number of halogens is 1. The van der Waals surface area contributed by atoms with Gasteiger partial charge in [0.25, 0.3) is 0 Å². The number of amides is 1. The summed E-state index contributed by atoms with van der Waals surface area (Å²) in [6, 6.07) is 4.33. The molecule has 6 heteroatoms. The van der Waals surface area contributed by atoms with Gasteiger partial charge in [0.05, 0.1) is 16.9 Å². The Hall–Kier alpha value is -1.75. The Morgan fingerprint density at radius 1 is 1.30 bits per heavy atom. The number of hydrogen-bond donors (Lipinski definition) is 3. The van der Waals surface area contributed by atoms with E-state index >= 15 is 0 Å². The predicted octanol–water partition coefficient (Wildman–Crippen LogP) is 2.73. The molecule has 20 heavy (non-hydrogen) atoms. The van der Waals surface area contributed by atoms with E-state index in [0.29, 0.717) is 18.5 Å². The van der Waals surface area contributed by atoms with E-state index in [0.717, 1.165) is 0 Å². The fourth-order valence-corrected chi connectivity index (χ4v) is 2.85. The van der Waals surface area contributed by atoms with Crippen LogP contribution in [0.15, 0.2) is 18.2 Å². The molecule has 3 N–H and O–H groups in total. The summed E-state index contributed by atoms with van der Waals surface area (Å²) in [7, 11) is 0. The molecule has 108 valence electrons. The number of hydrogen-bond acceptors (Lipinski definition) is 3. The molecular formula is C14H16ClNO4. The fraction of sp³-hybridized carbons (Fsp3) is 0.429. The summed E-state index contributed by atoms with van der Waals surface area (Å²) in [4.78, 5) is 23.4. The van der Waals surface area contributed by atoms with Crippen LogP contribution in [-0.2, 0) is 9.59 Å². The Labute approximate surface area is 121 Å². The summed E-state index contributed by atoms with van der Waals surface area (Å²) in [5, 5.41) is 21.3. The normalized spacial score (nSPS) is 25.4. The molecule has 1 amide bonds. The number of carbonyl (C=O) groups excluding carboxylic acids is 1. The minimum Gasteiger partial charge on any atom is -0.506 e. The number of phenols is 1. The molecule has 1 fully saturated rings. The first-order valence-electron chi connectivity index (χ1n) is 6.40. The molecule has 1 saturated carbocycles. The number of aliphatic carboxylic acids is 1. The molecule has 3 atom stereocenters. The standard InChI is InChI=1S/C14H16ClNO4/c1-7-4-9(10(5-7)14(19)20)13(18)16-8-2-3-12(17)11(15)6-8/h2-3,6-7,9-10,17H,4-5H2,1H3,(H,16,18)(H,19,20)/t7?,9-,10+/m0/s1. The van der Waals surface area contributed by atoms with Gasteiger partial charge in [0.15, 0.2) is 0 Å². The zero-order valence-electron chi connectivity index (χ0n) is 11.0. The molecule has 0 aliphatic heterocycles. The number of carboxylic acid groups (broad SMARTS) is 1. The van der Waals surface area contributed by atoms with Crippen LogP contribution in [-0.4, -0.2) is 22.1 Å². The van der Waals surface area contributed by atoms with Gasteiger partial charge in [-0.3, -0.25) is 9.59 Å². The molecule has 0 saturated heterocycles. The van der Waals surface area contributed by atoms with Gasteiger partial charge in [-0.05, 0) is 37.0 Å². The monoisotopic (exact) mass is 297 g/mol. The number of aromatic hydroxyl groups is 1. The second-order valence-corrected chi connectivity index (χ2v) is 5.69. The maximum Gasteiger partial charge on any atom is 0.307 e. The van der Waals surface area contributed by atoms with Gasteiger partial charge in [0.1, 0.15) is 5.75 Å². The SMILES string of the molecule is CC1C[C@H](C(=O)Nc2ccc(O)c(Cl)c2)[C@H](C(=O)O)C1. The summed E-state index contributed by atoms with van der Waals surface area (Å²) in [5.74, 6) is -2.27. The van der Waals surface area contributed by atoms with Crippen molar-refractivity contribution in [3.8, 4) is 5.75 Å². The van der Waals surface area contributed by atoms with Crippen molar-refractivity contribution in [3.05, 3.63) is 23.2 Å². The highest BCUT2D eigenvalue weighted by atomic mass is 35.5. The van der Waals surface area contributed by atoms with E-state index in [2.05, 4.69) is 5.32 Å². The van der Waals surface area contributed by atoms with Crippen molar-refractivity contribution in [3.63, 3.8) is 0 Å². The second-order valence-electron chi connectivity index (χ2n) is 5.28. The largest absolute Gasteiger partial charge is 0.506 e. The van der Waals surface area contributed by atoms with Gasteiger partial charge in [-0.2, -0.15) is 0 Å². The minimum atomic E-state index is -0.932. The first kappa shape index (κ1) is 14.7. The molecule has 0 bridgehead atoms. The Morgan fingerprint density at radius 3 is 2.55 bits per heavy atom. The third-order valence-corrected chi connectivity index (χ3v) is 3.97. The summed E-state index contributed by atoms with van der Waals surface area (Å²) in [6.45, 7) is 1.95. The van der Waals surface area contributed by atoms with Crippen LogP contribution in [0.1, 0.15) is 19.8 Å². The number of carbonyl (C=O) groups is 2. The molecule has 0 heterocycles. The molecule has 1 aromatic carbocycles. The lowest BCUT2D eigenvalue weighted by molar-refractivity contribution is -0.145. The number of rotatable bonds is 3. The summed E-state index contributed by atoms with van der Waals surface area (Å²) in [6.07, 6.45) is 1.08. The van der Waals surface area contributed by atoms with Gasteiger partial charge in [-0.1, -0.05) is 18.5 Å². The van der Waals surface area contributed by atoms with E-state index in [9.17, 15) is 14.7 Å². The van der Waals surface area contributed by atoms with Crippen molar-refractivity contribution in [2.75, 3.05) is 5.32 Å². The Bertz CT molecular complexity index is 546. The van der Waals surface area contributed by atoms with E-state index in [1.807, 2.05) is 6.92 Å². The van der Waals surface area contributed by atoms with Crippen LogP contribution in [0, 0.1) is 17.8 Å². The third-order valence-electron chi connectivity index (χ3n) is 3.67. The van der Waals surface area contributed by atoms with Crippen LogP contribution >= 0.6 is 11.6 Å². The highest BCUT2D eigenvalue weighted by Gasteiger charge is 2.41. The number of carboxylic acids is 1. The fourth-order valence-electron chi connectivity index (χ4n) is 2.67. The van der Waals surface area contributed by atoms with Gasteiger partial charge >= 0.3 is 5.97 Å². The van der Waals surface area contributed by atoms with Crippen LogP contribution in [0.3, 0.4) is 0 Å². The van der Waals surface area contributed by atoms with Crippen molar-refractivity contribution in [1.82, 2.24) is 0 Å². The maximum atomic E-state index is 12.2. The molecule has 5 nitrogen and oxygen atoms in total. The zero-order valence-corrected chi connectivity index (χ0v) is 11.7. The van der Waals surface area contributed by atoms with Crippen molar-refractivity contribution in [2.45, 2.75) is 19.8 Å². The summed E-state index contributed by atoms with van der Waals surface area (Å²) in [5.41, 5.74) is 0.446. The summed E-state index contributed by atoms with van der Waals surface area (Å²) < 4.78 is 0. The molecule has 2 rings (SSSR count). The van der Waals surface area contributed by atoms with Crippen LogP contribution in [0.4, 0.5) is 5.69 Å². The number of nitrogens with one attached hydrogen (secondary N) is 1. The van der Waals surface area contributed by atoms with Crippen LogP contribution in [0.25, 0.3) is 0 Å². The van der Waals surface area contributed by atoms with Crippen LogP contribution < -0.4 is 5.32 Å².